The lowest BCUT2D eigenvalue weighted by Gasteiger charge is -2.02. The van der Waals surface area contributed by atoms with Crippen LogP contribution < -0.4 is 0 Å². The smallest absolute Gasteiger partial charge is 0.225 e. The minimum Gasteiger partial charge on any atom is -0.302 e. The van der Waals surface area contributed by atoms with Crippen LogP contribution in [0.15, 0.2) is 12.1 Å². The van der Waals surface area contributed by atoms with E-state index >= 15 is 0 Å². The molecule has 80 valence electrons. The summed E-state index contributed by atoms with van der Waals surface area (Å²) in [7, 11) is 0. The zero-order valence-corrected chi connectivity index (χ0v) is 10.4. The molecule has 0 aliphatic rings. The van der Waals surface area contributed by atoms with Crippen LogP contribution in [0.4, 0.5) is 0 Å². The number of halogens is 2. The fourth-order valence-electron chi connectivity index (χ4n) is 1.32. The standard InChI is InChI=1S/C9H9Cl2N3S/c1-6-12-13-9(11)14(6)5-4-7-2-3-8(10)15-7/h2-3H,4-5H2,1H3. The third kappa shape index (κ3) is 2.51. The number of aromatic nitrogens is 3. The maximum atomic E-state index is 5.88. The van der Waals surface area contributed by atoms with Crippen LogP contribution in [0.3, 0.4) is 0 Å². The summed E-state index contributed by atoms with van der Waals surface area (Å²) >= 11 is 13.3. The van der Waals surface area contributed by atoms with E-state index in [1.54, 1.807) is 11.3 Å². The maximum absolute atomic E-state index is 5.88. The number of hydrogen-bond donors (Lipinski definition) is 0. The summed E-state index contributed by atoms with van der Waals surface area (Å²) in [5.74, 6) is 0.836. The van der Waals surface area contributed by atoms with E-state index in [4.69, 9.17) is 23.2 Å². The molecule has 2 heterocycles. The first-order valence-corrected chi connectivity index (χ1v) is 6.03. The zero-order valence-electron chi connectivity index (χ0n) is 8.07. The second-order valence-electron chi connectivity index (χ2n) is 3.12. The highest BCUT2D eigenvalue weighted by Crippen LogP contribution is 2.22. The van der Waals surface area contributed by atoms with Gasteiger partial charge in [0.15, 0.2) is 0 Å². The lowest BCUT2D eigenvalue weighted by Crippen LogP contribution is -2.02. The molecule has 0 unspecified atom stereocenters. The van der Waals surface area contributed by atoms with Gasteiger partial charge in [-0.2, -0.15) is 0 Å². The molecule has 0 spiro atoms. The Morgan fingerprint density at radius 1 is 1.33 bits per heavy atom. The van der Waals surface area contributed by atoms with Crippen LogP contribution in [0.25, 0.3) is 0 Å². The van der Waals surface area contributed by atoms with Crippen molar-refractivity contribution >= 4 is 34.5 Å². The lowest BCUT2D eigenvalue weighted by molar-refractivity contribution is 0.678. The van der Waals surface area contributed by atoms with E-state index < -0.39 is 0 Å². The van der Waals surface area contributed by atoms with Gasteiger partial charge in [-0.15, -0.1) is 21.5 Å². The van der Waals surface area contributed by atoms with Crippen molar-refractivity contribution in [2.75, 3.05) is 0 Å². The summed E-state index contributed by atoms with van der Waals surface area (Å²) in [4.78, 5) is 1.24. The Kier molecular flexibility index (Phi) is 3.29. The molecule has 2 aromatic heterocycles. The molecule has 3 nitrogen and oxygen atoms in total. The molecule has 6 heteroatoms. The predicted octanol–water partition coefficient (Wildman–Crippen LogP) is 3.20. The Labute approximate surface area is 102 Å². The summed E-state index contributed by atoms with van der Waals surface area (Å²) in [5.41, 5.74) is 0. The van der Waals surface area contributed by atoms with Gasteiger partial charge in [0.2, 0.25) is 5.28 Å². The fraction of sp³-hybridized carbons (Fsp3) is 0.333. The first-order valence-electron chi connectivity index (χ1n) is 4.46. The number of nitrogens with zero attached hydrogens (tertiary/aromatic N) is 3. The van der Waals surface area contributed by atoms with Gasteiger partial charge in [-0.05, 0) is 37.1 Å². The van der Waals surface area contributed by atoms with Crippen molar-refractivity contribution in [3.8, 4) is 0 Å². The Balaban J connectivity index is 2.05. The molecule has 2 rings (SSSR count). The molecule has 0 bridgehead atoms. The van der Waals surface area contributed by atoms with E-state index in [1.807, 2.05) is 23.6 Å². The average Bonchev–Trinajstić information content (AvgIpc) is 2.73. The van der Waals surface area contributed by atoms with Crippen LogP contribution in [0, 0.1) is 6.92 Å². The minimum atomic E-state index is 0.440. The van der Waals surface area contributed by atoms with E-state index in [-0.39, 0.29) is 0 Å². The molecule has 15 heavy (non-hydrogen) atoms. The molecule has 0 N–H and O–H groups in total. The molecule has 2 aromatic rings. The van der Waals surface area contributed by atoms with E-state index in [0.29, 0.717) is 5.28 Å². The fourth-order valence-corrected chi connectivity index (χ4v) is 2.64. The summed E-state index contributed by atoms with van der Waals surface area (Å²) in [6.07, 6.45) is 0.899. The van der Waals surface area contributed by atoms with Crippen LogP contribution in [0.2, 0.25) is 9.62 Å². The summed E-state index contributed by atoms with van der Waals surface area (Å²) in [5, 5.41) is 8.12. The highest BCUT2D eigenvalue weighted by Gasteiger charge is 2.06. The quantitative estimate of drug-likeness (QED) is 0.850. The van der Waals surface area contributed by atoms with E-state index in [2.05, 4.69) is 10.2 Å². The second kappa shape index (κ2) is 4.51. The van der Waals surface area contributed by atoms with Crippen LogP contribution in [0.5, 0.6) is 0 Å². The van der Waals surface area contributed by atoms with Gasteiger partial charge < -0.3 is 4.57 Å². The van der Waals surface area contributed by atoms with Gasteiger partial charge in [0, 0.05) is 11.4 Å². The van der Waals surface area contributed by atoms with Gasteiger partial charge in [0.1, 0.15) is 5.82 Å². The summed E-state index contributed by atoms with van der Waals surface area (Å²) in [6, 6.07) is 3.93. The normalized spacial score (nSPS) is 10.9. The molecule has 0 atom stereocenters. The van der Waals surface area contributed by atoms with Gasteiger partial charge in [0.25, 0.3) is 0 Å². The van der Waals surface area contributed by atoms with Crippen molar-refractivity contribution in [3.63, 3.8) is 0 Å². The van der Waals surface area contributed by atoms with Gasteiger partial charge in [-0.25, -0.2) is 0 Å². The first kappa shape index (κ1) is 10.9. The van der Waals surface area contributed by atoms with E-state index in [1.165, 1.54) is 4.88 Å². The van der Waals surface area contributed by atoms with Crippen LogP contribution in [0.1, 0.15) is 10.7 Å². The first-order chi connectivity index (χ1) is 7.16. The van der Waals surface area contributed by atoms with Gasteiger partial charge in [0.05, 0.1) is 4.34 Å². The maximum Gasteiger partial charge on any atom is 0.225 e. The average molecular weight is 262 g/mol. The van der Waals surface area contributed by atoms with Crippen molar-refractivity contribution in [3.05, 3.63) is 32.5 Å². The lowest BCUT2D eigenvalue weighted by atomic mass is 10.3. The molecular weight excluding hydrogens is 253 g/mol. The van der Waals surface area contributed by atoms with E-state index in [9.17, 15) is 0 Å². The molecule has 0 amide bonds. The number of hydrogen-bond acceptors (Lipinski definition) is 3. The summed E-state index contributed by atoms with van der Waals surface area (Å²) in [6.45, 7) is 2.68. The Morgan fingerprint density at radius 3 is 2.67 bits per heavy atom. The van der Waals surface area contributed by atoms with Crippen molar-refractivity contribution in [2.45, 2.75) is 19.9 Å². The van der Waals surface area contributed by atoms with Crippen LogP contribution in [-0.4, -0.2) is 14.8 Å². The Morgan fingerprint density at radius 2 is 2.13 bits per heavy atom. The van der Waals surface area contributed by atoms with Crippen LogP contribution in [-0.2, 0) is 13.0 Å². The number of rotatable bonds is 3. The van der Waals surface area contributed by atoms with Crippen LogP contribution >= 0.6 is 34.5 Å². The molecule has 0 aromatic carbocycles. The number of thiophene rings is 1. The molecule has 0 fully saturated rings. The monoisotopic (exact) mass is 261 g/mol. The van der Waals surface area contributed by atoms with Crippen molar-refractivity contribution in [2.24, 2.45) is 0 Å². The largest absolute Gasteiger partial charge is 0.302 e. The molecule has 0 aliphatic carbocycles. The zero-order chi connectivity index (χ0) is 10.8. The second-order valence-corrected chi connectivity index (χ2v) is 5.26. The highest BCUT2D eigenvalue weighted by molar-refractivity contribution is 7.16. The van der Waals surface area contributed by atoms with Gasteiger partial charge in [-0.1, -0.05) is 11.6 Å². The minimum absolute atomic E-state index is 0.440. The summed E-state index contributed by atoms with van der Waals surface area (Å²) < 4.78 is 2.70. The topological polar surface area (TPSA) is 30.7 Å². The van der Waals surface area contributed by atoms with E-state index in [0.717, 1.165) is 23.1 Å². The van der Waals surface area contributed by atoms with Crippen molar-refractivity contribution in [1.29, 1.82) is 0 Å². The SMILES string of the molecule is Cc1nnc(Cl)n1CCc1ccc(Cl)s1. The van der Waals surface area contributed by atoms with Crippen molar-refractivity contribution in [1.82, 2.24) is 14.8 Å². The van der Waals surface area contributed by atoms with Crippen molar-refractivity contribution < 1.29 is 0 Å². The third-order valence-electron chi connectivity index (χ3n) is 2.10. The molecule has 0 radical (unpaired) electrons. The van der Waals surface area contributed by atoms with Gasteiger partial charge >= 0.3 is 0 Å². The molecule has 0 saturated heterocycles. The molecule has 0 saturated carbocycles. The number of aryl methyl sites for hydroxylation is 2. The molecule has 0 aliphatic heterocycles. The Hall–Kier alpha value is -0.580. The predicted molar refractivity (Wildman–Crippen MR) is 62.8 cm³/mol. The van der Waals surface area contributed by atoms with Gasteiger partial charge in [-0.3, -0.25) is 0 Å². The Bertz CT molecular complexity index is 444. The highest BCUT2D eigenvalue weighted by atomic mass is 35.5. The molecular formula is C9H9Cl2N3S. The third-order valence-corrected chi connectivity index (χ3v) is 3.67.